The van der Waals surface area contributed by atoms with E-state index in [4.69, 9.17) is 0 Å². The molecule has 1 rings (SSSR count). The SMILES string of the molecule is CCC(CC)N(CC(C)C)c1cncc(NC)n1. The van der Waals surface area contributed by atoms with E-state index in [1.54, 1.807) is 6.20 Å². The minimum absolute atomic E-state index is 0.536. The average Bonchev–Trinajstić information content (AvgIpc) is 2.38. The fourth-order valence-electron chi connectivity index (χ4n) is 2.17. The van der Waals surface area contributed by atoms with Gasteiger partial charge in [0.05, 0.1) is 12.4 Å². The lowest BCUT2D eigenvalue weighted by atomic mass is 10.1. The van der Waals surface area contributed by atoms with Crippen LogP contribution in [0.1, 0.15) is 40.5 Å². The number of aromatic nitrogens is 2. The summed E-state index contributed by atoms with van der Waals surface area (Å²) in [5.74, 6) is 2.42. The van der Waals surface area contributed by atoms with Crippen LogP contribution in [0.25, 0.3) is 0 Å². The lowest BCUT2D eigenvalue weighted by Crippen LogP contribution is -2.38. The molecule has 0 spiro atoms. The van der Waals surface area contributed by atoms with Crippen LogP contribution in [0, 0.1) is 5.92 Å². The molecule has 0 fully saturated rings. The molecule has 0 aromatic carbocycles. The summed E-state index contributed by atoms with van der Waals surface area (Å²) >= 11 is 0. The highest BCUT2D eigenvalue weighted by Gasteiger charge is 2.18. The molecule has 18 heavy (non-hydrogen) atoms. The van der Waals surface area contributed by atoms with Gasteiger partial charge in [-0.1, -0.05) is 27.7 Å². The molecule has 0 radical (unpaired) electrons. The van der Waals surface area contributed by atoms with Crippen molar-refractivity contribution in [2.75, 3.05) is 23.8 Å². The summed E-state index contributed by atoms with van der Waals surface area (Å²) in [6.07, 6.45) is 5.88. The van der Waals surface area contributed by atoms with Gasteiger partial charge in [0.25, 0.3) is 0 Å². The van der Waals surface area contributed by atoms with Crippen LogP contribution < -0.4 is 10.2 Å². The van der Waals surface area contributed by atoms with E-state index in [0.29, 0.717) is 12.0 Å². The van der Waals surface area contributed by atoms with Crippen LogP contribution in [-0.2, 0) is 0 Å². The minimum Gasteiger partial charge on any atom is -0.372 e. The number of nitrogens with zero attached hydrogens (tertiary/aromatic N) is 3. The van der Waals surface area contributed by atoms with Gasteiger partial charge in [-0.2, -0.15) is 0 Å². The van der Waals surface area contributed by atoms with Crippen LogP contribution in [0.3, 0.4) is 0 Å². The smallest absolute Gasteiger partial charge is 0.149 e. The van der Waals surface area contributed by atoms with Gasteiger partial charge in [0, 0.05) is 19.6 Å². The Bertz CT molecular complexity index is 347. The molecule has 4 nitrogen and oxygen atoms in total. The van der Waals surface area contributed by atoms with Gasteiger partial charge in [0.1, 0.15) is 11.6 Å². The third kappa shape index (κ3) is 3.86. The first kappa shape index (κ1) is 14.7. The zero-order chi connectivity index (χ0) is 13.5. The molecule has 1 N–H and O–H groups in total. The Kier molecular flexibility index (Phi) is 5.89. The summed E-state index contributed by atoms with van der Waals surface area (Å²) in [4.78, 5) is 11.3. The average molecular weight is 250 g/mol. The van der Waals surface area contributed by atoms with Gasteiger partial charge in [-0.05, 0) is 18.8 Å². The predicted molar refractivity (Wildman–Crippen MR) is 78.1 cm³/mol. The molecule has 0 bridgehead atoms. The Labute approximate surface area is 111 Å². The first-order valence-corrected chi connectivity index (χ1v) is 6.88. The van der Waals surface area contributed by atoms with Crippen LogP contribution in [0.4, 0.5) is 11.6 Å². The van der Waals surface area contributed by atoms with Gasteiger partial charge in [-0.15, -0.1) is 0 Å². The van der Waals surface area contributed by atoms with E-state index in [9.17, 15) is 0 Å². The van der Waals surface area contributed by atoms with Crippen LogP contribution >= 0.6 is 0 Å². The molecular formula is C14H26N4. The maximum absolute atomic E-state index is 4.61. The van der Waals surface area contributed by atoms with E-state index >= 15 is 0 Å². The topological polar surface area (TPSA) is 41.1 Å². The molecule has 1 aromatic rings. The quantitative estimate of drug-likeness (QED) is 0.807. The fourth-order valence-corrected chi connectivity index (χ4v) is 2.17. The Morgan fingerprint density at radius 3 is 2.39 bits per heavy atom. The lowest BCUT2D eigenvalue weighted by molar-refractivity contribution is 0.503. The summed E-state index contributed by atoms with van der Waals surface area (Å²) in [7, 11) is 1.87. The molecule has 102 valence electrons. The van der Waals surface area contributed by atoms with E-state index < -0.39 is 0 Å². The first-order chi connectivity index (χ1) is 8.62. The lowest BCUT2D eigenvalue weighted by Gasteiger charge is -2.33. The highest BCUT2D eigenvalue weighted by Crippen LogP contribution is 2.20. The third-order valence-corrected chi connectivity index (χ3v) is 3.12. The van der Waals surface area contributed by atoms with Gasteiger partial charge in [-0.3, -0.25) is 4.98 Å². The Hall–Kier alpha value is -1.32. The molecule has 0 saturated carbocycles. The van der Waals surface area contributed by atoms with Crippen molar-refractivity contribution < 1.29 is 0 Å². The zero-order valence-electron chi connectivity index (χ0n) is 12.3. The maximum atomic E-state index is 4.61. The van der Waals surface area contributed by atoms with Crippen LogP contribution in [0.15, 0.2) is 12.4 Å². The summed E-state index contributed by atoms with van der Waals surface area (Å²) < 4.78 is 0. The van der Waals surface area contributed by atoms with E-state index in [1.165, 1.54) is 0 Å². The van der Waals surface area contributed by atoms with Crippen molar-refractivity contribution in [1.82, 2.24) is 9.97 Å². The molecule has 0 unspecified atom stereocenters. The van der Waals surface area contributed by atoms with Crippen molar-refractivity contribution in [3.05, 3.63) is 12.4 Å². The molecule has 0 atom stereocenters. The molecule has 1 heterocycles. The largest absolute Gasteiger partial charge is 0.372 e. The fraction of sp³-hybridized carbons (Fsp3) is 0.714. The number of anilines is 2. The monoisotopic (exact) mass is 250 g/mol. The first-order valence-electron chi connectivity index (χ1n) is 6.88. The minimum atomic E-state index is 0.536. The number of rotatable bonds is 7. The van der Waals surface area contributed by atoms with Gasteiger partial charge >= 0.3 is 0 Å². The molecule has 0 aliphatic carbocycles. The van der Waals surface area contributed by atoms with Crippen LogP contribution in [-0.4, -0.2) is 29.6 Å². The Morgan fingerprint density at radius 1 is 1.22 bits per heavy atom. The highest BCUT2D eigenvalue weighted by atomic mass is 15.2. The van der Waals surface area contributed by atoms with Gasteiger partial charge in [0.15, 0.2) is 0 Å². The second kappa shape index (κ2) is 7.19. The second-order valence-corrected chi connectivity index (χ2v) is 5.03. The van der Waals surface area contributed by atoms with Gasteiger partial charge in [-0.25, -0.2) is 4.98 Å². The maximum Gasteiger partial charge on any atom is 0.149 e. The van der Waals surface area contributed by atoms with E-state index in [2.05, 4.69) is 47.9 Å². The molecule has 0 aliphatic rings. The summed E-state index contributed by atoms with van der Waals surface area (Å²) in [6, 6.07) is 0.536. The van der Waals surface area contributed by atoms with Crippen molar-refractivity contribution >= 4 is 11.6 Å². The molecule has 4 heteroatoms. The molecular weight excluding hydrogens is 224 g/mol. The van der Waals surface area contributed by atoms with Crippen LogP contribution in [0.2, 0.25) is 0 Å². The van der Waals surface area contributed by atoms with E-state index in [1.807, 2.05) is 13.2 Å². The van der Waals surface area contributed by atoms with Gasteiger partial charge in [0.2, 0.25) is 0 Å². The van der Waals surface area contributed by atoms with E-state index in [-0.39, 0.29) is 0 Å². The summed E-state index contributed by atoms with van der Waals surface area (Å²) in [5.41, 5.74) is 0. The third-order valence-electron chi connectivity index (χ3n) is 3.12. The highest BCUT2D eigenvalue weighted by molar-refractivity contribution is 5.44. The zero-order valence-corrected chi connectivity index (χ0v) is 12.3. The van der Waals surface area contributed by atoms with Crippen LogP contribution in [0.5, 0.6) is 0 Å². The summed E-state index contributed by atoms with van der Waals surface area (Å²) in [5, 5.41) is 3.05. The standard InChI is InChI=1S/C14H26N4/c1-6-12(7-2)18(10-11(3)4)14-9-16-8-13(15-5)17-14/h8-9,11-12H,6-7,10H2,1-5H3,(H,15,17). The van der Waals surface area contributed by atoms with Gasteiger partial charge < -0.3 is 10.2 Å². The Balaban J connectivity index is 2.99. The van der Waals surface area contributed by atoms with E-state index in [0.717, 1.165) is 31.0 Å². The number of nitrogens with one attached hydrogen (secondary N) is 1. The molecule has 0 amide bonds. The number of hydrogen-bond acceptors (Lipinski definition) is 4. The van der Waals surface area contributed by atoms with Crippen molar-refractivity contribution in [3.63, 3.8) is 0 Å². The summed E-state index contributed by atoms with van der Waals surface area (Å²) in [6.45, 7) is 9.97. The molecule has 0 aliphatic heterocycles. The van der Waals surface area contributed by atoms with Crippen molar-refractivity contribution in [2.45, 2.75) is 46.6 Å². The molecule has 1 aromatic heterocycles. The second-order valence-electron chi connectivity index (χ2n) is 5.03. The molecule has 0 saturated heterocycles. The van der Waals surface area contributed by atoms with Crippen molar-refractivity contribution in [3.8, 4) is 0 Å². The van der Waals surface area contributed by atoms with Crippen molar-refractivity contribution in [1.29, 1.82) is 0 Å². The number of hydrogen-bond donors (Lipinski definition) is 1. The normalized spacial score (nSPS) is 11.1. The Morgan fingerprint density at radius 2 is 1.89 bits per heavy atom. The van der Waals surface area contributed by atoms with Crippen molar-refractivity contribution in [2.24, 2.45) is 5.92 Å². The predicted octanol–water partition coefficient (Wildman–Crippen LogP) is 3.17.